The van der Waals surface area contributed by atoms with E-state index >= 15 is 0 Å². The normalized spacial score (nSPS) is 15.2. The molecule has 0 aliphatic carbocycles. The van der Waals surface area contributed by atoms with Gasteiger partial charge in [0.05, 0.1) is 19.3 Å². The van der Waals surface area contributed by atoms with Gasteiger partial charge in [0.15, 0.2) is 0 Å². The maximum absolute atomic E-state index is 9.75. The first-order valence-electron chi connectivity index (χ1n) is 6.82. The van der Waals surface area contributed by atoms with Gasteiger partial charge in [-0.2, -0.15) is 0 Å². The highest BCUT2D eigenvalue weighted by Crippen LogP contribution is 2.18. The molecule has 0 radical (unpaired) electrons. The van der Waals surface area contributed by atoms with Crippen LogP contribution in [0.5, 0.6) is 0 Å². The Morgan fingerprint density at radius 2 is 1.65 bits per heavy atom. The van der Waals surface area contributed by atoms with E-state index in [-0.39, 0.29) is 6.10 Å². The van der Waals surface area contributed by atoms with Gasteiger partial charge in [0.25, 0.3) is 0 Å². The Hall–Kier alpha value is -0.120. The summed E-state index contributed by atoms with van der Waals surface area (Å²) in [6, 6.07) is 0. The van der Waals surface area contributed by atoms with E-state index < -0.39 is 0 Å². The standard InChI is InChI=1S/C14H30O3/c1-12(2)13(3)6-5-7-14(15)8-9-17-11-10-16-4/h12-15H,5-11H2,1-4H3. The molecule has 0 bridgehead atoms. The third-order valence-corrected chi connectivity index (χ3v) is 3.36. The van der Waals surface area contributed by atoms with E-state index in [0.29, 0.717) is 19.8 Å². The first-order valence-corrected chi connectivity index (χ1v) is 6.82. The average Bonchev–Trinajstić information content (AvgIpc) is 2.28. The molecule has 0 aromatic carbocycles. The lowest BCUT2D eigenvalue weighted by Crippen LogP contribution is -2.13. The number of aliphatic hydroxyl groups excluding tert-OH is 1. The predicted octanol–water partition coefficient (Wildman–Crippen LogP) is 2.86. The van der Waals surface area contributed by atoms with Crippen LogP contribution in [-0.4, -0.2) is 38.1 Å². The third kappa shape index (κ3) is 10.7. The number of hydrogen-bond acceptors (Lipinski definition) is 3. The highest BCUT2D eigenvalue weighted by molar-refractivity contribution is 4.61. The molecule has 0 aromatic heterocycles. The van der Waals surface area contributed by atoms with Crippen molar-refractivity contribution in [2.45, 2.75) is 52.6 Å². The molecule has 2 atom stereocenters. The first kappa shape index (κ1) is 16.9. The molecule has 0 aromatic rings. The lowest BCUT2D eigenvalue weighted by atomic mass is 9.92. The Labute approximate surface area is 107 Å². The zero-order valence-corrected chi connectivity index (χ0v) is 11.9. The molecule has 2 unspecified atom stereocenters. The largest absolute Gasteiger partial charge is 0.393 e. The van der Waals surface area contributed by atoms with E-state index in [1.54, 1.807) is 7.11 Å². The van der Waals surface area contributed by atoms with Crippen LogP contribution in [0.25, 0.3) is 0 Å². The van der Waals surface area contributed by atoms with E-state index in [9.17, 15) is 5.11 Å². The molecule has 0 saturated heterocycles. The van der Waals surface area contributed by atoms with Gasteiger partial charge >= 0.3 is 0 Å². The topological polar surface area (TPSA) is 38.7 Å². The van der Waals surface area contributed by atoms with Crippen LogP contribution in [0.3, 0.4) is 0 Å². The summed E-state index contributed by atoms with van der Waals surface area (Å²) in [7, 11) is 1.66. The van der Waals surface area contributed by atoms with E-state index in [0.717, 1.165) is 31.1 Å². The lowest BCUT2D eigenvalue weighted by molar-refractivity contribution is 0.0451. The molecule has 1 N–H and O–H groups in total. The number of methoxy groups -OCH3 is 1. The van der Waals surface area contributed by atoms with Crippen molar-refractivity contribution in [2.75, 3.05) is 26.9 Å². The van der Waals surface area contributed by atoms with Crippen molar-refractivity contribution < 1.29 is 14.6 Å². The summed E-state index contributed by atoms with van der Waals surface area (Å²) < 4.78 is 10.2. The van der Waals surface area contributed by atoms with E-state index in [1.807, 2.05) is 0 Å². The Balaban J connectivity index is 3.31. The fourth-order valence-electron chi connectivity index (χ4n) is 1.62. The summed E-state index contributed by atoms with van der Waals surface area (Å²) in [6.07, 6.45) is 3.74. The van der Waals surface area contributed by atoms with Crippen LogP contribution in [-0.2, 0) is 9.47 Å². The zero-order valence-electron chi connectivity index (χ0n) is 11.9. The van der Waals surface area contributed by atoms with Crippen molar-refractivity contribution in [3.63, 3.8) is 0 Å². The Morgan fingerprint density at radius 3 is 2.24 bits per heavy atom. The minimum absolute atomic E-state index is 0.211. The molecule has 0 aliphatic heterocycles. The molecule has 3 nitrogen and oxygen atoms in total. The molecule has 0 spiro atoms. The number of aliphatic hydroxyl groups is 1. The highest BCUT2D eigenvalue weighted by Gasteiger charge is 2.09. The minimum Gasteiger partial charge on any atom is -0.393 e. The maximum Gasteiger partial charge on any atom is 0.0700 e. The number of rotatable bonds is 11. The predicted molar refractivity (Wildman–Crippen MR) is 71.2 cm³/mol. The Bertz CT molecular complexity index is 160. The van der Waals surface area contributed by atoms with E-state index in [1.165, 1.54) is 6.42 Å². The molecule has 0 heterocycles. The second-order valence-corrected chi connectivity index (χ2v) is 5.20. The van der Waals surface area contributed by atoms with Crippen LogP contribution in [0.15, 0.2) is 0 Å². The van der Waals surface area contributed by atoms with Crippen molar-refractivity contribution in [2.24, 2.45) is 11.8 Å². The van der Waals surface area contributed by atoms with Gasteiger partial charge in [-0.05, 0) is 24.7 Å². The summed E-state index contributed by atoms with van der Waals surface area (Å²) >= 11 is 0. The minimum atomic E-state index is -0.211. The summed E-state index contributed by atoms with van der Waals surface area (Å²) in [5.74, 6) is 1.49. The van der Waals surface area contributed by atoms with Gasteiger partial charge in [-0.15, -0.1) is 0 Å². The summed E-state index contributed by atoms with van der Waals surface area (Å²) in [5, 5.41) is 9.75. The smallest absolute Gasteiger partial charge is 0.0700 e. The molecule has 0 saturated carbocycles. The van der Waals surface area contributed by atoms with Gasteiger partial charge in [-0.1, -0.05) is 33.6 Å². The Morgan fingerprint density at radius 1 is 0.941 bits per heavy atom. The van der Waals surface area contributed by atoms with Gasteiger partial charge in [-0.3, -0.25) is 0 Å². The van der Waals surface area contributed by atoms with Crippen LogP contribution >= 0.6 is 0 Å². The molecule has 0 amide bonds. The number of hydrogen-bond donors (Lipinski definition) is 1. The maximum atomic E-state index is 9.75. The van der Waals surface area contributed by atoms with Crippen LogP contribution < -0.4 is 0 Å². The van der Waals surface area contributed by atoms with Gasteiger partial charge < -0.3 is 14.6 Å². The van der Waals surface area contributed by atoms with Gasteiger partial charge in [0.2, 0.25) is 0 Å². The third-order valence-electron chi connectivity index (χ3n) is 3.36. The molecule has 3 heteroatoms. The van der Waals surface area contributed by atoms with Crippen molar-refractivity contribution in [3.05, 3.63) is 0 Å². The van der Waals surface area contributed by atoms with E-state index in [2.05, 4.69) is 20.8 Å². The highest BCUT2D eigenvalue weighted by atomic mass is 16.5. The summed E-state index contributed by atoms with van der Waals surface area (Å²) in [6.45, 7) is 8.67. The SMILES string of the molecule is COCCOCCC(O)CCCC(C)C(C)C. The van der Waals surface area contributed by atoms with Gasteiger partial charge in [-0.25, -0.2) is 0 Å². The average molecular weight is 246 g/mol. The molecular formula is C14H30O3. The van der Waals surface area contributed by atoms with Gasteiger partial charge in [0, 0.05) is 13.7 Å². The van der Waals surface area contributed by atoms with E-state index in [4.69, 9.17) is 9.47 Å². The fourth-order valence-corrected chi connectivity index (χ4v) is 1.62. The second kappa shape index (κ2) is 11.0. The van der Waals surface area contributed by atoms with Crippen LogP contribution in [0, 0.1) is 11.8 Å². The van der Waals surface area contributed by atoms with Crippen molar-refractivity contribution in [1.82, 2.24) is 0 Å². The number of ether oxygens (including phenoxy) is 2. The van der Waals surface area contributed by atoms with Gasteiger partial charge in [0.1, 0.15) is 0 Å². The lowest BCUT2D eigenvalue weighted by Gasteiger charge is -2.16. The summed E-state index contributed by atoms with van der Waals surface area (Å²) in [4.78, 5) is 0. The second-order valence-electron chi connectivity index (χ2n) is 5.20. The van der Waals surface area contributed by atoms with Crippen molar-refractivity contribution in [1.29, 1.82) is 0 Å². The van der Waals surface area contributed by atoms with Crippen LogP contribution in [0.2, 0.25) is 0 Å². The van der Waals surface area contributed by atoms with Crippen molar-refractivity contribution in [3.8, 4) is 0 Å². The van der Waals surface area contributed by atoms with Crippen LogP contribution in [0.4, 0.5) is 0 Å². The fraction of sp³-hybridized carbons (Fsp3) is 1.00. The molecule has 104 valence electrons. The molecule has 0 aliphatic rings. The zero-order chi connectivity index (χ0) is 13.1. The monoisotopic (exact) mass is 246 g/mol. The quantitative estimate of drug-likeness (QED) is 0.570. The molecular weight excluding hydrogens is 216 g/mol. The van der Waals surface area contributed by atoms with Crippen molar-refractivity contribution >= 4 is 0 Å². The van der Waals surface area contributed by atoms with Crippen LogP contribution in [0.1, 0.15) is 46.5 Å². The first-order chi connectivity index (χ1) is 8.07. The summed E-state index contributed by atoms with van der Waals surface area (Å²) in [5.41, 5.74) is 0. The molecule has 0 fully saturated rings. The Kier molecular flexibility index (Phi) is 10.9. The molecule has 17 heavy (non-hydrogen) atoms. The molecule has 0 rings (SSSR count).